The summed E-state index contributed by atoms with van der Waals surface area (Å²) in [5.41, 5.74) is -0.223. The van der Waals surface area contributed by atoms with Crippen LogP contribution < -0.4 is 5.32 Å². The molecule has 2 aliphatic rings. The van der Waals surface area contributed by atoms with Gasteiger partial charge in [0, 0.05) is 17.5 Å². The lowest BCUT2D eigenvalue weighted by Crippen LogP contribution is -2.55. The Morgan fingerprint density at radius 1 is 1.21 bits per heavy atom. The van der Waals surface area contributed by atoms with Crippen molar-refractivity contribution in [2.45, 2.75) is 31.0 Å². The van der Waals surface area contributed by atoms with E-state index in [9.17, 15) is 27.2 Å². The van der Waals surface area contributed by atoms with Crippen LogP contribution in [0, 0.1) is 5.82 Å². The van der Waals surface area contributed by atoms with E-state index in [0.717, 1.165) is 24.5 Å². The van der Waals surface area contributed by atoms with Crippen LogP contribution in [0.1, 0.15) is 40.2 Å². The molecule has 1 N–H and O–H groups in total. The Balaban J connectivity index is 1.55. The van der Waals surface area contributed by atoms with Crippen molar-refractivity contribution in [3.8, 4) is 0 Å². The van der Waals surface area contributed by atoms with Gasteiger partial charge in [0.25, 0.3) is 5.91 Å². The standard InChI is InChI=1S/C18H14F4N4O2/c19-10-6-23-17(24-7-10)25-15(27)8-26-14-4-3-11(14)13-5-9(18(20,21)22)1-2-12(13)16(26)28/h1-2,5-7,11,14H,3-4,8H2,(H,23,24,25,27)/t11-,14-/m0/s1. The van der Waals surface area contributed by atoms with Gasteiger partial charge in [-0.3, -0.25) is 14.9 Å². The molecular weight excluding hydrogens is 380 g/mol. The van der Waals surface area contributed by atoms with E-state index in [0.29, 0.717) is 18.4 Å². The number of alkyl halides is 3. The minimum absolute atomic E-state index is 0.101. The predicted molar refractivity (Wildman–Crippen MR) is 88.9 cm³/mol. The van der Waals surface area contributed by atoms with E-state index in [1.54, 1.807) is 0 Å². The summed E-state index contributed by atoms with van der Waals surface area (Å²) in [6, 6.07) is 2.75. The van der Waals surface area contributed by atoms with E-state index in [2.05, 4.69) is 15.3 Å². The lowest BCUT2D eigenvalue weighted by Gasteiger charge is -2.48. The van der Waals surface area contributed by atoms with E-state index >= 15 is 0 Å². The van der Waals surface area contributed by atoms with Crippen LogP contribution in [0.25, 0.3) is 0 Å². The molecule has 2 heterocycles. The van der Waals surface area contributed by atoms with Crippen LogP contribution in [-0.4, -0.2) is 39.3 Å². The second-order valence-electron chi connectivity index (χ2n) is 6.76. The first-order valence-electron chi connectivity index (χ1n) is 8.53. The number of anilines is 1. The van der Waals surface area contributed by atoms with Crippen molar-refractivity contribution in [3.63, 3.8) is 0 Å². The second kappa shape index (κ2) is 6.54. The normalized spacial score (nSPS) is 20.9. The number of carbonyl (C=O) groups is 2. The number of hydrogen-bond acceptors (Lipinski definition) is 4. The zero-order valence-electron chi connectivity index (χ0n) is 14.3. The van der Waals surface area contributed by atoms with Gasteiger partial charge in [-0.2, -0.15) is 13.2 Å². The summed E-state index contributed by atoms with van der Waals surface area (Å²) in [6.07, 6.45) is -1.45. The fraction of sp³-hybridized carbons (Fsp3) is 0.333. The Bertz CT molecular complexity index is 946. The molecular formula is C18H14F4N4O2. The summed E-state index contributed by atoms with van der Waals surface area (Å²) in [7, 11) is 0. The largest absolute Gasteiger partial charge is 0.416 e. The van der Waals surface area contributed by atoms with Crippen molar-refractivity contribution in [1.82, 2.24) is 14.9 Å². The summed E-state index contributed by atoms with van der Waals surface area (Å²) in [5, 5.41) is 2.38. The molecule has 6 nitrogen and oxygen atoms in total. The molecule has 1 fully saturated rings. The molecule has 0 saturated heterocycles. The zero-order chi connectivity index (χ0) is 20.1. The van der Waals surface area contributed by atoms with Crippen molar-refractivity contribution < 1.29 is 27.2 Å². The van der Waals surface area contributed by atoms with Gasteiger partial charge in [-0.15, -0.1) is 0 Å². The lowest BCUT2D eigenvalue weighted by atomic mass is 9.69. The third-order valence-electron chi connectivity index (χ3n) is 5.09. The van der Waals surface area contributed by atoms with E-state index in [1.807, 2.05) is 0 Å². The maximum atomic E-state index is 13.0. The first kappa shape index (κ1) is 18.3. The SMILES string of the molecule is O=C(CN1C(=O)c2ccc(C(F)(F)F)cc2[C@@H]2CC[C@@H]21)Nc1ncc(F)cn1. The topological polar surface area (TPSA) is 75.2 Å². The van der Waals surface area contributed by atoms with Crippen molar-refractivity contribution in [2.24, 2.45) is 0 Å². The van der Waals surface area contributed by atoms with E-state index in [1.165, 1.54) is 11.0 Å². The van der Waals surface area contributed by atoms with Crippen LogP contribution in [-0.2, 0) is 11.0 Å². The lowest BCUT2D eigenvalue weighted by molar-refractivity contribution is -0.137. The fourth-order valence-electron chi connectivity index (χ4n) is 3.65. The average molecular weight is 394 g/mol. The van der Waals surface area contributed by atoms with Crippen LogP contribution in [0.15, 0.2) is 30.6 Å². The summed E-state index contributed by atoms with van der Waals surface area (Å²) in [4.78, 5) is 33.6. The van der Waals surface area contributed by atoms with Gasteiger partial charge in [0.05, 0.1) is 18.0 Å². The number of benzene rings is 1. The maximum Gasteiger partial charge on any atom is 0.416 e. The molecule has 1 saturated carbocycles. The molecule has 1 aliphatic carbocycles. The third kappa shape index (κ3) is 3.19. The predicted octanol–water partition coefficient (Wildman–Crippen LogP) is 2.98. The molecule has 0 bridgehead atoms. The van der Waals surface area contributed by atoms with E-state index in [4.69, 9.17) is 0 Å². The zero-order valence-corrected chi connectivity index (χ0v) is 14.3. The molecule has 4 rings (SSSR count). The highest BCUT2D eigenvalue weighted by atomic mass is 19.4. The number of carbonyl (C=O) groups excluding carboxylic acids is 2. The molecule has 1 aromatic carbocycles. The van der Waals surface area contributed by atoms with Crippen LogP contribution in [0.2, 0.25) is 0 Å². The summed E-state index contributed by atoms with van der Waals surface area (Å²) >= 11 is 0. The van der Waals surface area contributed by atoms with Gasteiger partial charge < -0.3 is 4.90 Å². The van der Waals surface area contributed by atoms with Crippen LogP contribution in [0.4, 0.5) is 23.5 Å². The fourth-order valence-corrected chi connectivity index (χ4v) is 3.65. The van der Waals surface area contributed by atoms with Crippen molar-refractivity contribution >= 4 is 17.8 Å². The Labute approximate surface area is 156 Å². The molecule has 146 valence electrons. The van der Waals surface area contributed by atoms with Gasteiger partial charge >= 0.3 is 6.18 Å². The molecule has 2 atom stereocenters. The van der Waals surface area contributed by atoms with E-state index < -0.39 is 29.4 Å². The molecule has 10 heteroatoms. The molecule has 2 aromatic rings. The number of fused-ring (bicyclic) bond motifs is 3. The second-order valence-corrected chi connectivity index (χ2v) is 6.76. The van der Waals surface area contributed by atoms with Gasteiger partial charge in [0.15, 0.2) is 5.82 Å². The molecule has 0 spiro atoms. The van der Waals surface area contributed by atoms with Crippen LogP contribution >= 0.6 is 0 Å². The van der Waals surface area contributed by atoms with Crippen molar-refractivity contribution in [2.75, 3.05) is 11.9 Å². The van der Waals surface area contributed by atoms with Gasteiger partial charge in [0.1, 0.15) is 6.54 Å². The highest BCUT2D eigenvalue weighted by molar-refractivity contribution is 6.01. The molecule has 28 heavy (non-hydrogen) atoms. The molecule has 1 aromatic heterocycles. The average Bonchev–Trinajstić information content (AvgIpc) is 2.60. The van der Waals surface area contributed by atoms with E-state index in [-0.39, 0.29) is 30.0 Å². The van der Waals surface area contributed by atoms with Crippen molar-refractivity contribution in [1.29, 1.82) is 0 Å². The summed E-state index contributed by atoms with van der Waals surface area (Å²) in [5.74, 6) is -2.04. The Morgan fingerprint density at radius 3 is 2.54 bits per heavy atom. The number of hydrogen-bond donors (Lipinski definition) is 1. The number of nitrogens with zero attached hydrogens (tertiary/aromatic N) is 3. The Morgan fingerprint density at radius 2 is 1.93 bits per heavy atom. The molecule has 2 amide bonds. The summed E-state index contributed by atoms with van der Waals surface area (Å²) in [6.45, 7) is -0.290. The summed E-state index contributed by atoms with van der Waals surface area (Å²) < 4.78 is 51.8. The Hall–Kier alpha value is -3.04. The number of aromatic nitrogens is 2. The monoisotopic (exact) mass is 394 g/mol. The van der Waals surface area contributed by atoms with Gasteiger partial charge in [-0.05, 0) is 36.6 Å². The minimum Gasteiger partial charge on any atom is -0.326 e. The van der Waals surface area contributed by atoms with Gasteiger partial charge in [-0.1, -0.05) is 0 Å². The highest BCUT2D eigenvalue weighted by Crippen LogP contribution is 2.47. The smallest absolute Gasteiger partial charge is 0.326 e. The highest BCUT2D eigenvalue weighted by Gasteiger charge is 2.46. The quantitative estimate of drug-likeness (QED) is 0.813. The minimum atomic E-state index is -4.48. The van der Waals surface area contributed by atoms with Crippen LogP contribution in [0.5, 0.6) is 0 Å². The molecule has 1 aliphatic heterocycles. The van der Waals surface area contributed by atoms with Crippen molar-refractivity contribution in [3.05, 3.63) is 53.1 Å². The van der Waals surface area contributed by atoms with Gasteiger partial charge in [0.2, 0.25) is 11.9 Å². The third-order valence-corrected chi connectivity index (χ3v) is 5.09. The first-order chi connectivity index (χ1) is 13.2. The molecule has 0 unspecified atom stereocenters. The Kier molecular flexibility index (Phi) is 4.28. The van der Waals surface area contributed by atoms with Crippen LogP contribution in [0.3, 0.4) is 0 Å². The maximum absolute atomic E-state index is 13.0. The number of amides is 2. The molecule has 0 radical (unpaired) electrons. The number of halogens is 4. The first-order valence-corrected chi connectivity index (χ1v) is 8.53. The number of nitrogens with one attached hydrogen (secondary N) is 1. The number of rotatable bonds is 3. The van der Waals surface area contributed by atoms with Gasteiger partial charge in [-0.25, -0.2) is 14.4 Å².